The fourth-order valence-electron chi connectivity index (χ4n) is 3.07. The molecule has 178 valence electrons. The molecule has 0 heterocycles. The molecule has 0 saturated carbocycles. The van der Waals surface area contributed by atoms with Crippen molar-refractivity contribution in [2.75, 3.05) is 4.72 Å². The van der Waals surface area contributed by atoms with Gasteiger partial charge >= 0.3 is 0 Å². The van der Waals surface area contributed by atoms with Gasteiger partial charge in [-0.15, -0.1) is 0 Å². The van der Waals surface area contributed by atoms with E-state index < -0.39 is 21.8 Å². The molecule has 0 spiro atoms. The van der Waals surface area contributed by atoms with Crippen molar-refractivity contribution in [2.24, 2.45) is 0 Å². The van der Waals surface area contributed by atoms with E-state index in [1.165, 1.54) is 24.3 Å². The van der Waals surface area contributed by atoms with E-state index in [4.69, 9.17) is 4.74 Å². The highest BCUT2D eigenvalue weighted by molar-refractivity contribution is 7.92. The van der Waals surface area contributed by atoms with Gasteiger partial charge in [-0.3, -0.25) is 25.2 Å². The fraction of sp³-hybridized carbons (Fsp3) is 0.200. The molecule has 0 aromatic heterocycles. The van der Waals surface area contributed by atoms with E-state index in [0.29, 0.717) is 17.0 Å². The van der Waals surface area contributed by atoms with Gasteiger partial charge in [0.1, 0.15) is 5.75 Å². The molecule has 3 aromatic rings. The Labute approximate surface area is 199 Å². The van der Waals surface area contributed by atoms with Crippen LogP contribution in [0.1, 0.15) is 45.7 Å². The average Bonchev–Trinajstić information content (AvgIpc) is 2.80. The van der Waals surface area contributed by atoms with Gasteiger partial charge in [0.05, 0.1) is 16.7 Å². The number of hydrogen-bond acceptors (Lipinski definition) is 5. The molecule has 8 nitrogen and oxygen atoms in total. The van der Waals surface area contributed by atoms with E-state index in [2.05, 4.69) is 15.6 Å². The quantitative estimate of drug-likeness (QED) is 0.442. The first kappa shape index (κ1) is 24.8. The molecule has 0 saturated heterocycles. The van der Waals surface area contributed by atoms with Crippen LogP contribution in [0.3, 0.4) is 0 Å². The van der Waals surface area contributed by atoms with Gasteiger partial charge in [-0.05, 0) is 93.4 Å². The van der Waals surface area contributed by atoms with E-state index in [0.717, 1.165) is 11.1 Å². The van der Waals surface area contributed by atoms with Crippen molar-refractivity contribution < 1.29 is 22.7 Å². The van der Waals surface area contributed by atoms with Crippen molar-refractivity contribution in [3.05, 3.63) is 89.0 Å². The van der Waals surface area contributed by atoms with Crippen LogP contribution in [0.5, 0.6) is 5.75 Å². The summed E-state index contributed by atoms with van der Waals surface area (Å²) in [7, 11) is -3.83. The van der Waals surface area contributed by atoms with E-state index in [1.807, 2.05) is 33.8 Å². The lowest BCUT2D eigenvalue weighted by molar-refractivity contribution is 0.0846. The van der Waals surface area contributed by atoms with Crippen LogP contribution in [0, 0.1) is 13.8 Å². The van der Waals surface area contributed by atoms with E-state index in [1.54, 1.807) is 36.4 Å². The van der Waals surface area contributed by atoms with Gasteiger partial charge in [-0.25, -0.2) is 8.42 Å². The van der Waals surface area contributed by atoms with E-state index in [-0.39, 0.29) is 16.6 Å². The van der Waals surface area contributed by atoms with Gasteiger partial charge in [0.25, 0.3) is 21.8 Å². The highest BCUT2D eigenvalue weighted by Crippen LogP contribution is 2.22. The van der Waals surface area contributed by atoms with Crippen LogP contribution >= 0.6 is 0 Å². The van der Waals surface area contributed by atoms with Crippen LogP contribution in [0.4, 0.5) is 5.69 Å². The van der Waals surface area contributed by atoms with Gasteiger partial charge in [0.2, 0.25) is 0 Å². The summed E-state index contributed by atoms with van der Waals surface area (Å²) in [5.74, 6) is -0.446. The molecule has 0 radical (unpaired) electrons. The first-order valence-corrected chi connectivity index (χ1v) is 12.1. The van der Waals surface area contributed by atoms with Crippen LogP contribution in [-0.2, 0) is 10.0 Å². The summed E-state index contributed by atoms with van der Waals surface area (Å²) in [4.78, 5) is 24.7. The standard InChI is InChI=1S/C25H27N3O5S/c1-16(2)33-21-12-8-19(9-13-21)24(29)26-27-25(30)20-10-14-22(15-11-20)34(31,32)28-23-7-5-6-17(3)18(23)4/h5-16,28H,1-4H3,(H,26,29)(H,27,30). The number of aryl methyl sites for hydroxylation is 1. The number of carbonyl (C=O) groups is 2. The molecule has 0 bridgehead atoms. The predicted molar refractivity (Wildman–Crippen MR) is 130 cm³/mol. The Hall–Kier alpha value is -3.85. The molecule has 3 rings (SSSR count). The van der Waals surface area contributed by atoms with E-state index >= 15 is 0 Å². The number of anilines is 1. The van der Waals surface area contributed by atoms with Gasteiger partial charge in [-0.2, -0.15) is 0 Å². The summed E-state index contributed by atoms with van der Waals surface area (Å²) in [5, 5.41) is 0. The third kappa shape index (κ3) is 6.14. The number of carbonyl (C=O) groups excluding carboxylic acids is 2. The minimum absolute atomic E-state index is 0.0118. The van der Waals surface area contributed by atoms with Gasteiger partial charge in [-0.1, -0.05) is 12.1 Å². The zero-order chi connectivity index (χ0) is 24.9. The largest absolute Gasteiger partial charge is 0.491 e. The zero-order valence-corrected chi connectivity index (χ0v) is 20.2. The molecule has 0 atom stereocenters. The van der Waals surface area contributed by atoms with Gasteiger partial charge in [0, 0.05) is 11.1 Å². The highest BCUT2D eigenvalue weighted by atomic mass is 32.2. The molecule has 0 fully saturated rings. The minimum Gasteiger partial charge on any atom is -0.491 e. The minimum atomic E-state index is -3.83. The summed E-state index contributed by atoms with van der Waals surface area (Å²) in [6.45, 7) is 7.54. The van der Waals surface area contributed by atoms with Crippen LogP contribution in [0.15, 0.2) is 71.6 Å². The summed E-state index contributed by atoms with van der Waals surface area (Å²) < 4.78 is 33.6. The maximum atomic E-state index is 12.7. The third-order valence-electron chi connectivity index (χ3n) is 5.05. The first-order valence-electron chi connectivity index (χ1n) is 10.6. The van der Waals surface area contributed by atoms with Gasteiger partial charge in [0.15, 0.2) is 0 Å². The Morgan fingerprint density at radius 3 is 1.85 bits per heavy atom. The molecule has 0 aliphatic heterocycles. The molecule has 2 amide bonds. The number of sulfonamides is 1. The Morgan fingerprint density at radius 2 is 1.32 bits per heavy atom. The zero-order valence-electron chi connectivity index (χ0n) is 19.4. The van der Waals surface area contributed by atoms with Crippen molar-refractivity contribution in [3.8, 4) is 5.75 Å². The number of hydrazine groups is 1. The third-order valence-corrected chi connectivity index (χ3v) is 6.44. The Kier molecular flexibility index (Phi) is 7.57. The van der Waals surface area contributed by atoms with Gasteiger partial charge < -0.3 is 4.74 Å². The lowest BCUT2D eigenvalue weighted by Crippen LogP contribution is -2.41. The lowest BCUT2D eigenvalue weighted by Gasteiger charge is -2.13. The molecular weight excluding hydrogens is 454 g/mol. The van der Waals surface area contributed by atoms with Crippen LogP contribution < -0.4 is 20.3 Å². The van der Waals surface area contributed by atoms with Crippen molar-refractivity contribution in [1.29, 1.82) is 0 Å². The smallest absolute Gasteiger partial charge is 0.269 e. The van der Waals surface area contributed by atoms with E-state index in [9.17, 15) is 18.0 Å². The Bertz CT molecular complexity index is 1290. The normalized spacial score (nSPS) is 11.1. The number of amides is 2. The molecule has 34 heavy (non-hydrogen) atoms. The molecule has 0 aliphatic rings. The maximum Gasteiger partial charge on any atom is 0.269 e. The molecule has 0 aliphatic carbocycles. The van der Waals surface area contributed by atoms with Crippen LogP contribution in [0.2, 0.25) is 0 Å². The summed E-state index contributed by atoms with van der Waals surface area (Å²) in [6.07, 6.45) is 0.0165. The van der Waals surface area contributed by atoms with Crippen LogP contribution in [-0.4, -0.2) is 26.3 Å². The number of ether oxygens (including phenoxy) is 1. The summed E-state index contributed by atoms with van der Waals surface area (Å²) in [5.41, 5.74) is 7.48. The number of benzene rings is 3. The number of hydrogen-bond donors (Lipinski definition) is 3. The highest BCUT2D eigenvalue weighted by Gasteiger charge is 2.17. The Balaban J connectivity index is 1.61. The second kappa shape index (κ2) is 10.4. The van der Waals surface area contributed by atoms with Crippen molar-refractivity contribution in [2.45, 2.75) is 38.7 Å². The first-order chi connectivity index (χ1) is 16.1. The number of rotatable bonds is 7. The monoisotopic (exact) mass is 481 g/mol. The molecule has 0 unspecified atom stereocenters. The predicted octanol–water partition coefficient (Wildman–Crippen LogP) is 3.97. The van der Waals surface area contributed by atoms with Crippen molar-refractivity contribution >= 4 is 27.5 Å². The summed E-state index contributed by atoms with van der Waals surface area (Å²) in [6, 6.07) is 17.3. The summed E-state index contributed by atoms with van der Waals surface area (Å²) >= 11 is 0. The fourth-order valence-corrected chi connectivity index (χ4v) is 4.19. The second-order valence-electron chi connectivity index (χ2n) is 7.98. The number of nitrogens with one attached hydrogen (secondary N) is 3. The molecular formula is C25H27N3O5S. The average molecular weight is 482 g/mol. The molecule has 9 heteroatoms. The van der Waals surface area contributed by atoms with Crippen LogP contribution in [0.25, 0.3) is 0 Å². The molecule has 3 aromatic carbocycles. The van der Waals surface area contributed by atoms with Crippen molar-refractivity contribution in [3.63, 3.8) is 0 Å². The molecule has 3 N–H and O–H groups in total. The second-order valence-corrected chi connectivity index (χ2v) is 9.66. The topological polar surface area (TPSA) is 114 Å². The van der Waals surface area contributed by atoms with Crippen molar-refractivity contribution in [1.82, 2.24) is 10.9 Å². The Morgan fingerprint density at radius 1 is 0.794 bits per heavy atom. The maximum absolute atomic E-state index is 12.7. The lowest BCUT2D eigenvalue weighted by atomic mass is 10.1. The SMILES string of the molecule is Cc1cccc(NS(=O)(=O)c2ccc(C(=O)NNC(=O)c3ccc(OC(C)C)cc3)cc2)c1C.